The fraction of sp³-hybridized carbons (Fsp3) is 0.444. The monoisotopic (exact) mass is 400 g/mol. The Morgan fingerprint density at radius 1 is 1.15 bits per heavy atom. The van der Waals surface area contributed by atoms with E-state index in [9.17, 15) is 13.2 Å². The Morgan fingerprint density at radius 2 is 1.85 bits per heavy atom. The zero-order valence-corrected chi connectivity index (χ0v) is 16.1. The highest BCUT2D eigenvalue weighted by Crippen LogP contribution is 2.29. The van der Waals surface area contributed by atoms with E-state index in [0.29, 0.717) is 37.3 Å². The maximum Gasteiger partial charge on any atom is 0.434 e. The van der Waals surface area contributed by atoms with Crippen molar-refractivity contribution < 1.29 is 17.9 Å². The summed E-state index contributed by atoms with van der Waals surface area (Å²) in [6.07, 6.45) is -4.42. The van der Waals surface area contributed by atoms with Crippen LogP contribution in [0.5, 0.6) is 0 Å². The maximum atomic E-state index is 12.6. The van der Waals surface area contributed by atoms with E-state index in [1.807, 2.05) is 38.1 Å². The number of benzene rings is 1. The molecule has 1 heterocycles. The topological polar surface area (TPSA) is 58.5 Å². The first-order chi connectivity index (χ1) is 12.9. The van der Waals surface area contributed by atoms with E-state index >= 15 is 0 Å². The Morgan fingerprint density at radius 3 is 2.44 bits per heavy atom. The second kappa shape index (κ2) is 10.3. The van der Waals surface area contributed by atoms with Crippen LogP contribution in [0.25, 0.3) is 0 Å². The van der Waals surface area contributed by atoms with Crippen LogP contribution in [0, 0.1) is 0 Å². The lowest BCUT2D eigenvalue weighted by molar-refractivity contribution is -0.140. The van der Waals surface area contributed by atoms with Crippen molar-refractivity contribution in [2.75, 3.05) is 13.2 Å². The van der Waals surface area contributed by atoms with E-state index in [-0.39, 0.29) is 6.54 Å². The van der Waals surface area contributed by atoms with Crippen LogP contribution >= 0.6 is 11.3 Å². The van der Waals surface area contributed by atoms with Crippen molar-refractivity contribution >= 4 is 17.3 Å². The normalized spacial score (nSPS) is 12.3. The Bertz CT molecular complexity index is 729. The molecule has 0 aliphatic rings. The minimum absolute atomic E-state index is 0.180. The largest absolute Gasteiger partial charge is 0.434 e. The molecule has 0 fully saturated rings. The number of nitrogens with zero attached hydrogens (tertiary/aromatic N) is 2. The fourth-order valence-corrected chi connectivity index (χ4v) is 2.90. The van der Waals surface area contributed by atoms with E-state index in [1.165, 1.54) is 0 Å². The molecule has 0 radical (unpaired) electrons. The first-order valence-corrected chi connectivity index (χ1v) is 9.49. The molecule has 0 spiro atoms. The van der Waals surface area contributed by atoms with Gasteiger partial charge in [0.05, 0.1) is 19.7 Å². The van der Waals surface area contributed by atoms with Crippen molar-refractivity contribution in [3.8, 4) is 0 Å². The lowest BCUT2D eigenvalue weighted by Gasteiger charge is -2.10. The summed E-state index contributed by atoms with van der Waals surface area (Å²) < 4.78 is 43.2. The van der Waals surface area contributed by atoms with Gasteiger partial charge in [0.25, 0.3) is 0 Å². The molecule has 148 valence electrons. The van der Waals surface area contributed by atoms with E-state index < -0.39 is 11.9 Å². The van der Waals surface area contributed by atoms with Gasteiger partial charge < -0.3 is 15.4 Å². The van der Waals surface area contributed by atoms with E-state index in [0.717, 1.165) is 27.8 Å². The smallest absolute Gasteiger partial charge is 0.377 e. The van der Waals surface area contributed by atoms with Crippen molar-refractivity contribution in [2.24, 2.45) is 4.99 Å². The van der Waals surface area contributed by atoms with Crippen LogP contribution in [-0.2, 0) is 30.6 Å². The van der Waals surface area contributed by atoms with Crippen molar-refractivity contribution in [3.05, 3.63) is 51.5 Å². The molecular weight excluding hydrogens is 377 g/mol. The molecular formula is C18H23F3N4OS. The lowest BCUT2D eigenvalue weighted by Crippen LogP contribution is -2.36. The summed E-state index contributed by atoms with van der Waals surface area (Å²) >= 11 is 0.971. The van der Waals surface area contributed by atoms with Crippen molar-refractivity contribution in [1.82, 2.24) is 15.6 Å². The summed E-state index contributed by atoms with van der Waals surface area (Å²) in [5.74, 6) is 0.527. The molecule has 5 nitrogen and oxygen atoms in total. The second-order valence-corrected chi connectivity index (χ2v) is 6.57. The highest BCUT2D eigenvalue weighted by atomic mass is 32.1. The van der Waals surface area contributed by atoms with Crippen LogP contribution < -0.4 is 10.6 Å². The number of alkyl halides is 3. The van der Waals surface area contributed by atoms with Crippen LogP contribution in [0.15, 0.2) is 34.6 Å². The second-order valence-electron chi connectivity index (χ2n) is 5.63. The van der Waals surface area contributed by atoms with E-state index in [4.69, 9.17) is 4.74 Å². The summed E-state index contributed by atoms with van der Waals surface area (Å²) in [7, 11) is 0. The van der Waals surface area contributed by atoms with Gasteiger partial charge in [-0.2, -0.15) is 13.2 Å². The molecule has 1 aromatic carbocycles. The van der Waals surface area contributed by atoms with Gasteiger partial charge in [-0.25, -0.2) is 9.98 Å². The van der Waals surface area contributed by atoms with Gasteiger partial charge in [0.2, 0.25) is 0 Å². The summed E-state index contributed by atoms with van der Waals surface area (Å²) in [6.45, 7) is 6.41. The zero-order chi connectivity index (χ0) is 19.7. The van der Waals surface area contributed by atoms with Gasteiger partial charge in [0.1, 0.15) is 5.01 Å². The first kappa shape index (κ1) is 21.2. The Hall–Kier alpha value is -2.13. The molecule has 2 aromatic rings. The van der Waals surface area contributed by atoms with Crippen LogP contribution in [-0.4, -0.2) is 24.1 Å². The number of hydrogen-bond donors (Lipinski definition) is 2. The number of guanidine groups is 1. The Balaban J connectivity index is 1.92. The van der Waals surface area contributed by atoms with Crippen LogP contribution in [0.2, 0.25) is 0 Å². The van der Waals surface area contributed by atoms with Crippen molar-refractivity contribution in [2.45, 2.75) is 39.7 Å². The summed E-state index contributed by atoms with van der Waals surface area (Å²) in [4.78, 5) is 8.07. The molecule has 27 heavy (non-hydrogen) atoms. The third kappa shape index (κ3) is 7.18. The zero-order valence-electron chi connectivity index (χ0n) is 15.3. The van der Waals surface area contributed by atoms with Crippen LogP contribution in [0.4, 0.5) is 13.2 Å². The van der Waals surface area contributed by atoms with Crippen molar-refractivity contribution in [3.63, 3.8) is 0 Å². The Labute approximate surface area is 160 Å². The number of nitrogens with one attached hydrogen (secondary N) is 2. The van der Waals surface area contributed by atoms with Crippen molar-refractivity contribution in [1.29, 1.82) is 0 Å². The number of thiazole rings is 1. The molecule has 0 bridgehead atoms. The molecule has 0 unspecified atom stereocenters. The number of aromatic nitrogens is 1. The molecule has 0 saturated heterocycles. The number of ether oxygens (including phenoxy) is 1. The third-order valence-electron chi connectivity index (χ3n) is 3.51. The predicted octanol–water partition coefficient (Wildman–Crippen LogP) is 3.95. The predicted molar refractivity (Wildman–Crippen MR) is 101 cm³/mol. The average molecular weight is 400 g/mol. The number of hydrogen-bond acceptors (Lipinski definition) is 4. The minimum Gasteiger partial charge on any atom is -0.377 e. The van der Waals surface area contributed by atoms with Gasteiger partial charge in [-0.3, -0.25) is 0 Å². The van der Waals surface area contributed by atoms with E-state index in [2.05, 4.69) is 20.6 Å². The molecule has 1 aromatic heterocycles. The lowest BCUT2D eigenvalue weighted by atomic mass is 10.1. The van der Waals surface area contributed by atoms with Gasteiger partial charge in [-0.15, -0.1) is 11.3 Å². The van der Waals surface area contributed by atoms with Gasteiger partial charge >= 0.3 is 6.18 Å². The summed E-state index contributed by atoms with van der Waals surface area (Å²) in [6, 6.07) is 7.96. The highest BCUT2D eigenvalue weighted by Gasteiger charge is 2.33. The average Bonchev–Trinajstić information content (AvgIpc) is 3.12. The highest BCUT2D eigenvalue weighted by molar-refractivity contribution is 7.09. The first-order valence-electron chi connectivity index (χ1n) is 8.61. The fourth-order valence-electron chi connectivity index (χ4n) is 2.15. The molecule has 0 amide bonds. The maximum absolute atomic E-state index is 12.6. The SMILES string of the molecule is CCNC(=NCc1ccc(COCC)cc1)NCc1nc(C(F)(F)F)cs1. The molecule has 9 heteroatoms. The van der Waals surface area contributed by atoms with Gasteiger partial charge in [-0.1, -0.05) is 24.3 Å². The molecule has 0 saturated carbocycles. The summed E-state index contributed by atoms with van der Waals surface area (Å²) in [5.41, 5.74) is 1.26. The quantitative estimate of drug-likeness (QED) is 0.520. The molecule has 2 N–H and O–H groups in total. The minimum atomic E-state index is -4.42. The van der Waals surface area contributed by atoms with Gasteiger partial charge in [0.15, 0.2) is 11.7 Å². The van der Waals surface area contributed by atoms with E-state index in [1.54, 1.807) is 0 Å². The van der Waals surface area contributed by atoms with Gasteiger partial charge in [0, 0.05) is 18.5 Å². The van der Waals surface area contributed by atoms with Gasteiger partial charge in [-0.05, 0) is 25.0 Å². The standard InChI is InChI=1S/C18H23F3N4OS/c1-3-22-17(24-10-16-25-15(12-27-16)18(19,20)21)23-9-13-5-7-14(8-6-13)11-26-4-2/h5-8,12H,3-4,9-11H2,1-2H3,(H2,22,23,24). The third-order valence-corrected chi connectivity index (χ3v) is 4.36. The molecule has 2 rings (SSSR count). The molecule has 0 aliphatic heterocycles. The van der Waals surface area contributed by atoms with Crippen LogP contribution in [0.1, 0.15) is 35.7 Å². The molecule has 0 aliphatic carbocycles. The number of aliphatic imine (C=N–C) groups is 1. The number of rotatable bonds is 8. The Kier molecular flexibility index (Phi) is 8.05. The number of halogens is 3. The summed E-state index contributed by atoms with van der Waals surface area (Å²) in [5, 5.41) is 7.46. The van der Waals surface area contributed by atoms with Crippen LogP contribution in [0.3, 0.4) is 0 Å². The molecule has 0 atom stereocenters.